The highest BCUT2D eigenvalue weighted by atomic mass is 19.3. The largest absolute Gasteiger partial charge is 0.465 e. The van der Waals surface area contributed by atoms with Crippen LogP contribution < -0.4 is 5.32 Å². The second-order valence-electron chi connectivity index (χ2n) is 4.67. The summed E-state index contributed by atoms with van der Waals surface area (Å²) in [6.07, 6.45) is -1.17. The molecule has 2 rings (SSSR count). The molecule has 2 N–H and O–H groups in total. The lowest BCUT2D eigenvalue weighted by Crippen LogP contribution is -2.57. The van der Waals surface area contributed by atoms with Crippen LogP contribution in [0.2, 0.25) is 0 Å². The second kappa shape index (κ2) is 5.52. The van der Waals surface area contributed by atoms with Crippen LogP contribution in [-0.2, 0) is 6.54 Å². The number of rotatable bonds is 3. The number of halogens is 2. The third kappa shape index (κ3) is 3.41. The number of hydrogen-bond donors (Lipinski definition) is 2. The third-order valence-corrected chi connectivity index (χ3v) is 3.27. The standard InChI is InChI=1S/C13H16F2N2O2/c14-13(15)9-17(12(18)19)7-6-11(13)16-8-10-4-2-1-3-5-10/h1-5,11,16H,6-9H2,(H,18,19). The topological polar surface area (TPSA) is 52.6 Å². The van der Waals surface area contributed by atoms with Crippen LogP contribution >= 0.6 is 0 Å². The zero-order valence-corrected chi connectivity index (χ0v) is 10.4. The van der Waals surface area contributed by atoms with Gasteiger partial charge in [0.1, 0.15) is 0 Å². The molecule has 1 fully saturated rings. The summed E-state index contributed by atoms with van der Waals surface area (Å²) in [5.74, 6) is -3.04. The van der Waals surface area contributed by atoms with Crippen molar-refractivity contribution < 1.29 is 18.7 Å². The number of carbonyl (C=O) groups is 1. The number of amides is 1. The van der Waals surface area contributed by atoms with E-state index in [4.69, 9.17) is 5.11 Å². The predicted molar refractivity (Wildman–Crippen MR) is 66.2 cm³/mol. The van der Waals surface area contributed by atoms with Crippen LogP contribution in [0.1, 0.15) is 12.0 Å². The van der Waals surface area contributed by atoms with Crippen LogP contribution in [0.4, 0.5) is 13.6 Å². The summed E-state index contributed by atoms with van der Waals surface area (Å²) >= 11 is 0. The van der Waals surface area contributed by atoms with Gasteiger partial charge in [-0.15, -0.1) is 0 Å². The molecule has 104 valence electrons. The highest BCUT2D eigenvalue weighted by Crippen LogP contribution is 2.27. The summed E-state index contributed by atoms with van der Waals surface area (Å²) in [4.78, 5) is 11.5. The van der Waals surface area contributed by atoms with E-state index in [2.05, 4.69) is 5.32 Å². The molecule has 1 unspecified atom stereocenters. The minimum Gasteiger partial charge on any atom is -0.465 e. The Morgan fingerprint density at radius 1 is 1.42 bits per heavy atom. The third-order valence-electron chi connectivity index (χ3n) is 3.27. The number of benzene rings is 1. The average molecular weight is 270 g/mol. The van der Waals surface area contributed by atoms with Crippen LogP contribution in [-0.4, -0.2) is 41.2 Å². The van der Waals surface area contributed by atoms with Gasteiger partial charge in [-0.3, -0.25) is 0 Å². The number of alkyl halides is 2. The Labute approximate surface area is 110 Å². The van der Waals surface area contributed by atoms with E-state index in [-0.39, 0.29) is 13.0 Å². The van der Waals surface area contributed by atoms with Crippen molar-refractivity contribution in [3.05, 3.63) is 35.9 Å². The minimum atomic E-state index is -3.04. The lowest BCUT2D eigenvalue weighted by Gasteiger charge is -2.37. The number of piperidine rings is 1. The van der Waals surface area contributed by atoms with Gasteiger partial charge in [-0.05, 0) is 12.0 Å². The van der Waals surface area contributed by atoms with E-state index in [1.165, 1.54) is 0 Å². The van der Waals surface area contributed by atoms with Gasteiger partial charge in [0.25, 0.3) is 5.92 Å². The molecule has 1 aromatic carbocycles. The van der Waals surface area contributed by atoms with Gasteiger partial charge in [-0.1, -0.05) is 30.3 Å². The van der Waals surface area contributed by atoms with Gasteiger partial charge in [-0.2, -0.15) is 0 Å². The van der Waals surface area contributed by atoms with Crippen molar-refractivity contribution >= 4 is 6.09 Å². The van der Waals surface area contributed by atoms with Gasteiger partial charge in [0.2, 0.25) is 0 Å². The zero-order chi connectivity index (χ0) is 13.9. The van der Waals surface area contributed by atoms with Crippen LogP contribution in [0.3, 0.4) is 0 Å². The van der Waals surface area contributed by atoms with Crippen molar-refractivity contribution in [2.45, 2.75) is 24.9 Å². The molecule has 1 aliphatic heterocycles. The van der Waals surface area contributed by atoms with Gasteiger partial charge in [0.05, 0.1) is 12.6 Å². The fraction of sp³-hybridized carbons (Fsp3) is 0.462. The molecule has 1 amide bonds. The number of likely N-dealkylation sites (tertiary alicyclic amines) is 1. The van der Waals surface area contributed by atoms with Crippen LogP contribution in [0.25, 0.3) is 0 Å². The fourth-order valence-electron chi connectivity index (χ4n) is 2.19. The Bertz CT molecular complexity index is 440. The Balaban J connectivity index is 1.93. The predicted octanol–water partition coefficient (Wildman–Crippen LogP) is 2.16. The van der Waals surface area contributed by atoms with Gasteiger partial charge in [0.15, 0.2) is 0 Å². The van der Waals surface area contributed by atoms with Crippen molar-refractivity contribution in [1.29, 1.82) is 0 Å². The Morgan fingerprint density at radius 3 is 2.68 bits per heavy atom. The molecule has 19 heavy (non-hydrogen) atoms. The summed E-state index contributed by atoms with van der Waals surface area (Å²) in [7, 11) is 0. The summed E-state index contributed by atoms with van der Waals surface area (Å²) in [5, 5.41) is 11.6. The highest BCUT2D eigenvalue weighted by molar-refractivity contribution is 5.65. The van der Waals surface area contributed by atoms with E-state index in [9.17, 15) is 13.6 Å². The van der Waals surface area contributed by atoms with Crippen molar-refractivity contribution in [1.82, 2.24) is 10.2 Å². The number of nitrogens with one attached hydrogen (secondary N) is 1. The molecule has 0 radical (unpaired) electrons. The molecule has 0 aromatic heterocycles. The molecule has 0 spiro atoms. The van der Waals surface area contributed by atoms with E-state index >= 15 is 0 Å². The Kier molecular flexibility index (Phi) is 3.99. The summed E-state index contributed by atoms with van der Waals surface area (Å²) in [5.41, 5.74) is 0.930. The van der Waals surface area contributed by atoms with Gasteiger partial charge in [-0.25, -0.2) is 13.6 Å². The molecule has 1 aromatic rings. The summed E-state index contributed by atoms with van der Waals surface area (Å²) in [6.45, 7) is -0.250. The first-order valence-electron chi connectivity index (χ1n) is 6.12. The normalized spacial score (nSPS) is 22.2. The molecule has 4 nitrogen and oxygen atoms in total. The lowest BCUT2D eigenvalue weighted by molar-refractivity contribution is -0.0840. The quantitative estimate of drug-likeness (QED) is 0.885. The molecule has 6 heteroatoms. The first kappa shape index (κ1) is 13.7. The van der Waals surface area contributed by atoms with Gasteiger partial charge < -0.3 is 15.3 Å². The smallest absolute Gasteiger partial charge is 0.407 e. The fourth-order valence-corrected chi connectivity index (χ4v) is 2.19. The number of nitrogens with zero attached hydrogens (tertiary/aromatic N) is 1. The molecule has 1 saturated heterocycles. The first-order chi connectivity index (χ1) is 8.99. The Morgan fingerprint density at radius 2 is 2.11 bits per heavy atom. The monoisotopic (exact) mass is 270 g/mol. The van der Waals surface area contributed by atoms with Crippen molar-refractivity contribution in [2.24, 2.45) is 0 Å². The number of hydrogen-bond acceptors (Lipinski definition) is 2. The Hall–Kier alpha value is -1.69. The van der Waals surface area contributed by atoms with E-state index in [1.54, 1.807) is 0 Å². The van der Waals surface area contributed by atoms with Crippen LogP contribution in [0.15, 0.2) is 30.3 Å². The van der Waals surface area contributed by atoms with Crippen molar-refractivity contribution in [2.75, 3.05) is 13.1 Å². The van der Waals surface area contributed by atoms with Crippen LogP contribution in [0.5, 0.6) is 0 Å². The van der Waals surface area contributed by atoms with Crippen molar-refractivity contribution in [3.63, 3.8) is 0 Å². The van der Waals surface area contributed by atoms with E-state index in [0.29, 0.717) is 6.54 Å². The summed E-state index contributed by atoms with van der Waals surface area (Å²) < 4.78 is 27.6. The van der Waals surface area contributed by atoms with Crippen molar-refractivity contribution in [3.8, 4) is 0 Å². The minimum absolute atomic E-state index is 0.117. The summed E-state index contributed by atoms with van der Waals surface area (Å²) in [6, 6.07) is 8.30. The van der Waals surface area contributed by atoms with E-state index < -0.39 is 24.6 Å². The van der Waals surface area contributed by atoms with E-state index in [0.717, 1.165) is 10.5 Å². The molecule has 1 aliphatic rings. The first-order valence-corrected chi connectivity index (χ1v) is 6.12. The molecule has 1 heterocycles. The average Bonchev–Trinajstić information content (AvgIpc) is 2.37. The maximum absolute atomic E-state index is 13.8. The molecule has 1 atom stereocenters. The van der Waals surface area contributed by atoms with E-state index in [1.807, 2.05) is 30.3 Å². The highest BCUT2D eigenvalue weighted by Gasteiger charge is 2.45. The van der Waals surface area contributed by atoms with Gasteiger partial charge >= 0.3 is 6.09 Å². The molecular weight excluding hydrogens is 254 g/mol. The maximum Gasteiger partial charge on any atom is 0.407 e. The molecular formula is C13H16F2N2O2. The molecule has 0 bridgehead atoms. The SMILES string of the molecule is O=C(O)N1CCC(NCc2ccccc2)C(F)(F)C1. The number of carboxylic acid groups (broad SMARTS) is 1. The maximum atomic E-state index is 13.8. The molecule has 0 aliphatic carbocycles. The zero-order valence-electron chi connectivity index (χ0n) is 10.4. The second-order valence-corrected chi connectivity index (χ2v) is 4.67. The van der Waals surface area contributed by atoms with Crippen LogP contribution in [0, 0.1) is 0 Å². The molecule has 0 saturated carbocycles. The lowest BCUT2D eigenvalue weighted by atomic mass is 10.0. The van der Waals surface area contributed by atoms with Gasteiger partial charge in [0, 0.05) is 13.1 Å².